The lowest BCUT2D eigenvalue weighted by Crippen LogP contribution is -2.14. The van der Waals surface area contributed by atoms with E-state index < -0.39 is 0 Å². The molecule has 0 saturated carbocycles. The van der Waals surface area contributed by atoms with Gasteiger partial charge in [0.2, 0.25) is 0 Å². The van der Waals surface area contributed by atoms with Crippen molar-refractivity contribution >= 4 is 5.69 Å². The minimum atomic E-state index is -0.306. The highest BCUT2D eigenvalue weighted by atomic mass is 19.1. The second-order valence-corrected chi connectivity index (χ2v) is 6.91. The largest absolute Gasteiger partial charge is 0.398 e. The molecule has 22 heavy (non-hydrogen) atoms. The van der Waals surface area contributed by atoms with E-state index in [9.17, 15) is 8.78 Å². The molecule has 2 aromatic rings. The SMILES string of the molecule is CC(Cc1ccc(C(C)(C)C)c(F)c1)c1c(N)cccc1F. The molecule has 0 aliphatic heterocycles. The number of nitrogen functional groups attached to an aromatic ring is 1. The Balaban J connectivity index is 2.26. The summed E-state index contributed by atoms with van der Waals surface area (Å²) in [5.41, 5.74) is 8.12. The Kier molecular flexibility index (Phi) is 4.55. The Bertz CT molecular complexity index is 651. The van der Waals surface area contributed by atoms with E-state index in [1.54, 1.807) is 18.2 Å². The zero-order valence-electron chi connectivity index (χ0n) is 13.6. The molecule has 0 bridgehead atoms. The van der Waals surface area contributed by atoms with Gasteiger partial charge in [-0.2, -0.15) is 0 Å². The maximum atomic E-state index is 14.3. The van der Waals surface area contributed by atoms with E-state index in [1.165, 1.54) is 6.07 Å². The summed E-state index contributed by atoms with van der Waals surface area (Å²) in [7, 11) is 0. The smallest absolute Gasteiger partial charge is 0.128 e. The fourth-order valence-electron chi connectivity index (χ4n) is 2.82. The van der Waals surface area contributed by atoms with Crippen LogP contribution >= 0.6 is 0 Å². The zero-order chi connectivity index (χ0) is 16.5. The summed E-state index contributed by atoms with van der Waals surface area (Å²) < 4.78 is 28.2. The lowest BCUT2D eigenvalue weighted by molar-refractivity contribution is 0.521. The van der Waals surface area contributed by atoms with Gasteiger partial charge in [0.15, 0.2) is 0 Å². The average molecular weight is 303 g/mol. The molecule has 2 aromatic carbocycles. The minimum absolute atomic E-state index is 0.110. The van der Waals surface area contributed by atoms with Gasteiger partial charge in [-0.15, -0.1) is 0 Å². The van der Waals surface area contributed by atoms with Crippen LogP contribution in [0.15, 0.2) is 36.4 Å². The standard InChI is InChI=1S/C19H23F2N/c1-12(18-15(20)6-5-7-17(18)22)10-13-8-9-14(16(21)11-13)19(2,3)4/h5-9,11-12H,10,22H2,1-4H3. The maximum Gasteiger partial charge on any atom is 0.128 e. The molecule has 0 spiro atoms. The van der Waals surface area contributed by atoms with E-state index in [4.69, 9.17) is 5.73 Å². The molecule has 1 atom stereocenters. The molecule has 0 aliphatic rings. The van der Waals surface area contributed by atoms with Crippen molar-refractivity contribution in [3.8, 4) is 0 Å². The third kappa shape index (κ3) is 3.46. The molecule has 2 N–H and O–H groups in total. The van der Waals surface area contributed by atoms with E-state index in [0.717, 1.165) is 5.56 Å². The third-order valence-electron chi connectivity index (χ3n) is 3.96. The van der Waals surface area contributed by atoms with Gasteiger partial charge in [0, 0.05) is 11.3 Å². The van der Waals surface area contributed by atoms with Gasteiger partial charge in [0.05, 0.1) is 0 Å². The molecule has 1 unspecified atom stereocenters. The molecule has 3 heteroatoms. The van der Waals surface area contributed by atoms with E-state index in [2.05, 4.69) is 0 Å². The normalized spacial score (nSPS) is 13.2. The van der Waals surface area contributed by atoms with Crippen molar-refractivity contribution in [2.75, 3.05) is 5.73 Å². The summed E-state index contributed by atoms with van der Waals surface area (Å²) in [6, 6.07) is 9.98. The average Bonchev–Trinajstić information content (AvgIpc) is 2.36. The zero-order valence-corrected chi connectivity index (χ0v) is 13.6. The van der Waals surface area contributed by atoms with Crippen LogP contribution in [0.2, 0.25) is 0 Å². The highest BCUT2D eigenvalue weighted by Gasteiger charge is 2.20. The second-order valence-electron chi connectivity index (χ2n) is 6.91. The van der Waals surface area contributed by atoms with Gasteiger partial charge in [0.1, 0.15) is 11.6 Å². The monoisotopic (exact) mass is 303 g/mol. The molecule has 1 nitrogen and oxygen atoms in total. The van der Waals surface area contributed by atoms with Crippen LogP contribution in [0, 0.1) is 11.6 Å². The Morgan fingerprint density at radius 1 is 1.05 bits per heavy atom. The van der Waals surface area contributed by atoms with Gasteiger partial charge in [-0.05, 0) is 47.1 Å². The molecule has 2 rings (SSSR count). The van der Waals surface area contributed by atoms with Gasteiger partial charge in [-0.1, -0.05) is 45.9 Å². The summed E-state index contributed by atoms with van der Waals surface area (Å²) in [5, 5.41) is 0. The van der Waals surface area contributed by atoms with E-state index in [-0.39, 0.29) is 23.0 Å². The van der Waals surface area contributed by atoms with Gasteiger partial charge in [-0.25, -0.2) is 8.78 Å². The summed E-state index contributed by atoms with van der Waals surface area (Å²) in [6.45, 7) is 7.85. The van der Waals surface area contributed by atoms with Gasteiger partial charge >= 0.3 is 0 Å². The first kappa shape index (κ1) is 16.5. The van der Waals surface area contributed by atoms with Crippen LogP contribution in [0.4, 0.5) is 14.5 Å². The van der Waals surface area contributed by atoms with Crippen molar-refractivity contribution in [1.82, 2.24) is 0 Å². The predicted octanol–water partition coefficient (Wildman–Crippen LogP) is 5.19. The van der Waals surface area contributed by atoms with Crippen LogP contribution in [-0.4, -0.2) is 0 Å². The predicted molar refractivity (Wildman–Crippen MR) is 88.0 cm³/mol. The molecule has 0 heterocycles. The van der Waals surface area contributed by atoms with E-state index >= 15 is 0 Å². The fourth-order valence-corrected chi connectivity index (χ4v) is 2.82. The van der Waals surface area contributed by atoms with Crippen molar-refractivity contribution in [3.05, 3.63) is 64.7 Å². The van der Waals surface area contributed by atoms with Gasteiger partial charge in [0.25, 0.3) is 0 Å². The molecule has 118 valence electrons. The first-order chi connectivity index (χ1) is 10.2. The Hall–Kier alpha value is -1.90. The molecule has 0 aliphatic carbocycles. The molecule has 0 fully saturated rings. The summed E-state index contributed by atoms with van der Waals surface area (Å²) in [6.07, 6.45) is 0.548. The first-order valence-corrected chi connectivity index (χ1v) is 7.53. The lowest BCUT2D eigenvalue weighted by Gasteiger charge is -2.21. The number of hydrogen-bond donors (Lipinski definition) is 1. The molecule has 0 aromatic heterocycles. The highest BCUT2D eigenvalue weighted by Crippen LogP contribution is 2.30. The highest BCUT2D eigenvalue weighted by molar-refractivity contribution is 5.49. The number of hydrogen-bond acceptors (Lipinski definition) is 1. The maximum absolute atomic E-state index is 14.3. The van der Waals surface area contributed by atoms with Crippen LogP contribution in [0.5, 0.6) is 0 Å². The Morgan fingerprint density at radius 2 is 1.73 bits per heavy atom. The Morgan fingerprint density at radius 3 is 2.27 bits per heavy atom. The summed E-state index contributed by atoms with van der Waals surface area (Å²) in [5.74, 6) is -0.626. The van der Waals surface area contributed by atoms with Crippen molar-refractivity contribution < 1.29 is 8.78 Å². The van der Waals surface area contributed by atoms with Gasteiger partial charge in [-0.3, -0.25) is 0 Å². The number of halogens is 2. The minimum Gasteiger partial charge on any atom is -0.398 e. The number of benzene rings is 2. The molecule has 0 amide bonds. The molecular weight excluding hydrogens is 280 g/mol. The molecule has 0 radical (unpaired) electrons. The quantitative estimate of drug-likeness (QED) is 0.776. The topological polar surface area (TPSA) is 26.0 Å². The van der Waals surface area contributed by atoms with Crippen LogP contribution in [0.1, 0.15) is 50.3 Å². The third-order valence-corrected chi connectivity index (χ3v) is 3.96. The van der Waals surface area contributed by atoms with Gasteiger partial charge < -0.3 is 5.73 Å². The summed E-state index contributed by atoms with van der Waals surface area (Å²) in [4.78, 5) is 0. The van der Waals surface area contributed by atoms with Crippen LogP contribution in [0.25, 0.3) is 0 Å². The molecule has 0 saturated heterocycles. The van der Waals surface area contributed by atoms with Crippen LogP contribution in [0.3, 0.4) is 0 Å². The van der Waals surface area contributed by atoms with Crippen molar-refractivity contribution in [3.63, 3.8) is 0 Å². The summed E-state index contributed by atoms with van der Waals surface area (Å²) >= 11 is 0. The Labute approximate surface area is 131 Å². The van der Waals surface area contributed by atoms with E-state index in [0.29, 0.717) is 23.2 Å². The van der Waals surface area contributed by atoms with Crippen molar-refractivity contribution in [1.29, 1.82) is 0 Å². The number of nitrogens with two attached hydrogens (primary N) is 1. The number of rotatable bonds is 3. The van der Waals surface area contributed by atoms with Crippen molar-refractivity contribution in [2.45, 2.75) is 45.4 Å². The number of anilines is 1. The first-order valence-electron chi connectivity index (χ1n) is 7.53. The lowest BCUT2D eigenvalue weighted by atomic mass is 9.85. The molecular formula is C19H23F2N. The fraction of sp³-hybridized carbons (Fsp3) is 0.368. The van der Waals surface area contributed by atoms with Crippen LogP contribution in [-0.2, 0) is 11.8 Å². The van der Waals surface area contributed by atoms with E-state index in [1.807, 2.05) is 39.8 Å². The van der Waals surface area contributed by atoms with Crippen LogP contribution < -0.4 is 5.73 Å². The second kappa shape index (κ2) is 6.07. The van der Waals surface area contributed by atoms with Crippen molar-refractivity contribution in [2.24, 2.45) is 0 Å².